The topological polar surface area (TPSA) is 82.5 Å². The van der Waals surface area contributed by atoms with Gasteiger partial charge in [-0.05, 0) is 42.2 Å². The van der Waals surface area contributed by atoms with E-state index in [-0.39, 0.29) is 35.4 Å². The van der Waals surface area contributed by atoms with E-state index in [9.17, 15) is 14.3 Å². The maximum Gasteiger partial charge on any atom is 0.256 e. The fourth-order valence-corrected chi connectivity index (χ4v) is 3.01. The molecule has 1 heterocycles. The average molecular weight is 389 g/mol. The summed E-state index contributed by atoms with van der Waals surface area (Å²) in [5.41, 5.74) is 1.29. The molecule has 3 aromatic rings. The number of nitrogens with one attached hydrogen (secondary N) is 1. The highest BCUT2D eigenvalue weighted by atomic mass is 35.5. The van der Waals surface area contributed by atoms with E-state index >= 15 is 0 Å². The predicted molar refractivity (Wildman–Crippen MR) is 101 cm³/mol. The number of carbonyl (C=O) groups excluding carboxylic acids is 1. The summed E-state index contributed by atoms with van der Waals surface area (Å²) in [4.78, 5) is 16.4. The number of amides is 1. The number of aromatic hydroxyl groups is 1. The second-order valence-corrected chi connectivity index (χ2v) is 6.50. The highest BCUT2D eigenvalue weighted by Crippen LogP contribution is 2.30. The van der Waals surface area contributed by atoms with Gasteiger partial charge in [0.25, 0.3) is 5.91 Å². The van der Waals surface area contributed by atoms with Crippen molar-refractivity contribution in [1.82, 2.24) is 10.3 Å². The molecule has 2 aromatic carbocycles. The molecular formula is C20H18ClFN2O3. The SMILES string of the molecule is O=C(NCc1ccccc1Cl)c1cnc2c(F)cc(CCCO)cc2c1O. The third kappa shape index (κ3) is 4.18. The smallest absolute Gasteiger partial charge is 0.256 e. The fraction of sp³-hybridized carbons (Fsp3) is 0.200. The minimum absolute atomic E-state index is 0.0112. The number of carbonyl (C=O) groups is 1. The number of rotatable bonds is 6. The number of aliphatic hydroxyl groups is 1. The molecule has 0 aliphatic carbocycles. The van der Waals surface area contributed by atoms with Gasteiger partial charge in [-0.2, -0.15) is 0 Å². The molecular weight excluding hydrogens is 371 g/mol. The molecule has 140 valence electrons. The lowest BCUT2D eigenvalue weighted by Crippen LogP contribution is -2.23. The van der Waals surface area contributed by atoms with Gasteiger partial charge in [0, 0.05) is 29.8 Å². The van der Waals surface area contributed by atoms with Crippen LogP contribution in [-0.4, -0.2) is 27.7 Å². The summed E-state index contributed by atoms with van der Waals surface area (Å²) in [6, 6.07) is 10.00. The van der Waals surface area contributed by atoms with Gasteiger partial charge in [-0.15, -0.1) is 0 Å². The van der Waals surface area contributed by atoms with Crippen LogP contribution in [0.15, 0.2) is 42.6 Å². The highest BCUT2D eigenvalue weighted by molar-refractivity contribution is 6.31. The molecule has 0 saturated carbocycles. The summed E-state index contributed by atoms with van der Waals surface area (Å²) < 4.78 is 14.2. The molecule has 0 spiro atoms. The van der Waals surface area contributed by atoms with Gasteiger partial charge in [0.05, 0.1) is 0 Å². The summed E-state index contributed by atoms with van der Waals surface area (Å²) >= 11 is 6.07. The Morgan fingerprint density at radius 2 is 2.04 bits per heavy atom. The first-order valence-corrected chi connectivity index (χ1v) is 8.81. The largest absolute Gasteiger partial charge is 0.506 e. The Morgan fingerprint density at radius 3 is 2.78 bits per heavy atom. The van der Waals surface area contributed by atoms with Crippen molar-refractivity contribution in [3.05, 3.63) is 70.1 Å². The van der Waals surface area contributed by atoms with Gasteiger partial charge >= 0.3 is 0 Å². The summed E-state index contributed by atoms with van der Waals surface area (Å²) in [5, 5.41) is 22.8. The predicted octanol–water partition coefficient (Wildman–Crippen LogP) is 3.59. The minimum atomic E-state index is -0.584. The van der Waals surface area contributed by atoms with Crippen molar-refractivity contribution in [2.75, 3.05) is 6.61 Å². The molecule has 0 aliphatic rings. The quantitative estimate of drug-likeness (QED) is 0.602. The van der Waals surface area contributed by atoms with Gasteiger partial charge < -0.3 is 15.5 Å². The van der Waals surface area contributed by atoms with E-state index in [0.717, 1.165) is 11.8 Å². The van der Waals surface area contributed by atoms with Crippen LogP contribution in [0.4, 0.5) is 4.39 Å². The van der Waals surface area contributed by atoms with Crippen LogP contribution in [0.3, 0.4) is 0 Å². The van der Waals surface area contributed by atoms with Crippen molar-refractivity contribution in [3.8, 4) is 5.75 Å². The van der Waals surface area contributed by atoms with Crippen LogP contribution in [0.2, 0.25) is 5.02 Å². The zero-order chi connectivity index (χ0) is 19.4. The number of hydrogen-bond acceptors (Lipinski definition) is 4. The number of nitrogens with zero attached hydrogens (tertiary/aromatic N) is 1. The van der Waals surface area contributed by atoms with Gasteiger partial charge in [0.1, 0.15) is 22.6 Å². The lowest BCUT2D eigenvalue weighted by atomic mass is 10.0. The van der Waals surface area contributed by atoms with Gasteiger partial charge in [0.15, 0.2) is 0 Å². The molecule has 7 heteroatoms. The Kier molecular flexibility index (Phi) is 5.88. The normalized spacial score (nSPS) is 10.9. The second kappa shape index (κ2) is 8.33. The number of benzene rings is 2. The number of pyridine rings is 1. The van der Waals surface area contributed by atoms with Crippen molar-refractivity contribution < 1.29 is 19.4 Å². The molecule has 1 amide bonds. The van der Waals surface area contributed by atoms with E-state index in [1.807, 2.05) is 0 Å². The molecule has 0 atom stereocenters. The van der Waals surface area contributed by atoms with Gasteiger partial charge in [0.2, 0.25) is 0 Å². The van der Waals surface area contributed by atoms with E-state index in [1.54, 1.807) is 30.3 Å². The van der Waals surface area contributed by atoms with Crippen LogP contribution in [0, 0.1) is 5.82 Å². The number of halogens is 2. The van der Waals surface area contributed by atoms with E-state index in [0.29, 0.717) is 23.4 Å². The molecule has 27 heavy (non-hydrogen) atoms. The molecule has 0 aliphatic heterocycles. The molecule has 3 rings (SSSR count). The van der Waals surface area contributed by atoms with E-state index in [1.165, 1.54) is 6.07 Å². The first-order valence-electron chi connectivity index (χ1n) is 8.44. The average Bonchev–Trinajstić information content (AvgIpc) is 2.66. The molecule has 0 fully saturated rings. The summed E-state index contributed by atoms with van der Waals surface area (Å²) in [5.74, 6) is -1.46. The molecule has 5 nitrogen and oxygen atoms in total. The second-order valence-electron chi connectivity index (χ2n) is 6.10. The maximum absolute atomic E-state index is 14.2. The molecule has 0 saturated heterocycles. The minimum Gasteiger partial charge on any atom is -0.506 e. The van der Waals surface area contributed by atoms with Gasteiger partial charge in [-0.1, -0.05) is 29.8 Å². The van der Waals surface area contributed by atoms with Crippen LogP contribution in [0.25, 0.3) is 10.9 Å². The highest BCUT2D eigenvalue weighted by Gasteiger charge is 2.17. The zero-order valence-electron chi connectivity index (χ0n) is 14.4. The number of hydrogen-bond donors (Lipinski definition) is 3. The van der Waals surface area contributed by atoms with E-state index in [4.69, 9.17) is 16.7 Å². The summed E-state index contributed by atoms with van der Waals surface area (Å²) in [7, 11) is 0. The number of aliphatic hydroxyl groups excluding tert-OH is 1. The number of aromatic nitrogens is 1. The third-order valence-electron chi connectivity index (χ3n) is 4.22. The van der Waals surface area contributed by atoms with Gasteiger partial charge in [-0.3, -0.25) is 9.78 Å². The van der Waals surface area contributed by atoms with Crippen LogP contribution < -0.4 is 5.32 Å². The summed E-state index contributed by atoms with van der Waals surface area (Å²) in [6.07, 6.45) is 2.07. The monoisotopic (exact) mass is 388 g/mol. The lowest BCUT2D eigenvalue weighted by Gasteiger charge is -2.11. The van der Waals surface area contributed by atoms with Crippen molar-refractivity contribution in [2.24, 2.45) is 0 Å². The number of aryl methyl sites for hydroxylation is 1. The Labute approximate surface area is 160 Å². The Morgan fingerprint density at radius 1 is 1.26 bits per heavy atom. The Hall–Kier alpha value is -2.70. The standard InChI is InChI=1S/C20H18ClFN2O3/c21-16-6-2-1-5-13(16)10-24-20(27)15-11-23-18-14(19(15)26)8-12(4-3-7-25)9-17(18)22/h1-2,5-6,8-9,11,25H,3-4,7,10H2,(H,23,26)(H,24,27). The van der Waals surface area contributed by atoms with Gasteiger partial charge in [-0.25, -0.2) is 4.39 Å². The summed E-state index contributed by atoms with van der Waals surface area (Å²) in [6.45, 7) is 0.162. The molecule has 0 radical (unpaired) electrons. The van der Waals surface area contributed by atoms with Crippen molar-refractivity contribution >= 4 is 28.4 Å². The van der Waals surface area contributed by atoms with Crippen molar-refractivity contribution in [1.29, 1.82) is 0 Å². The van der Waals surface area contributed by atoms with Crippen molar-refractivity contribution in [2.45, 2.75) is 19.4 Å². The van der Waals surface area contributed by atoms with Crippen LogP contribution in [-0.2, 0) is 13.0 Å². The van der Waals surface area contributed by atoms with Crippen LogP contribution >= 0.6 is 11.6 Å². The van der Waals surface area contributed by atoms with Crippen molar-refractivity contribution in [3.63, 3.8) is 0 Å². The van der Waals surface area contributed by atoms with Crippen LogP contribution in [0.5, 0.6) is 5.75 Å². The zero-order valence-corrected chi connectivity index (χ0v) is 15.1. The van der Waals surface area contributed by atoms with E-state index in [2.05, 4.69) is 10.3 Å². The molecule has 1 aromatic heterocycles. The van der Waals surface area contributed by atoms with Crippen LogP contribution in [0.1, 0.15) is 27.9 Å². The van der Waals surface area contributed by atoms with E-state index < -0.39 is 11.7 Å². The first kappa shape index (κ1) is 19.1. The lowest BCUT2D eigenvalue weighted by molar-refractivity contribution is 0.0948. The molecule has 3 N–H and O–H groups in total. The Balaban J connectivity index is 1.88. The molecule has 0 unspecified atom stereocenters. The maximum atomic E-state index is 14.2. The first-order chi connectivity index (χ1) is 13.0. The fourth-order valence-electron chi connectivity index (χ4n) is 2.81. The number of fused-ring (bicyclic) bond motifs is 1. The Bertz CT molecular complexity index is 994. The third-order valence-corrected chi connectivity index (χ3v) is 4.59. The molecule has 0 bridgehead atoms.